The molecule has 1 unspecified atom stereocenters. The molecule has 7 rings (SSSR count). The highest BCUT2D eigenvalue weighted by Gasteiger charge is 2.45. The number of hydrogen-bond acceptors (Lipinski definition) is 8. The molecule has 0 aliphatic carbocycles. The fourth-order valence-corrected chi connectivity index (χ4v) is 6.55. The third kappa shape index (κ3) is 5.77. The van der Waals surface area contributed by atoms with Crippen molar-refractivity contribution in [2.45, 2.75) is 77.2 Å². The van der Waals surface area contributed by atoms with Gasteiger partial charge in [0.2, 0.25) is 0 Å². The minimum atomic E-state index is -0.532. The first-order chi connectivity index (χ1) is 22.0. The highest BCUT2D eigenvalue weighted by atomic mass is 19.1. The molecule has 2 saturated heterocycles. The van der Waals surface area contributed by atoms with E-state index in [9.17, 15) is 4.79 Å². The van der Waals surface area contributed by atoms with Gasteiger partial charge in [-0.3, -0.25) is 0 Å². The first-order valence-corrected chi connectivity index (χ1v) is 15.6. The molecule has 1 amide bonds. The SMILES string of the molecule is Cc1c(Oc2ccc3c(c2)ncn3C)ccc(Nc2ncnc3ccc(OC4C[C@H]5CC[C@@H](C4)N5C(=O)OC(C)(C)C)cc23)c1F. The highest BCUT2D eigenvalue weighted by Crippen LogP contribution is 2.39. The Kier molecular flexibility index (Phi) is 7.41. The first-order valence-electron chi connectivity index (χ1n) is 15.6. The van der Waals surface area contributed by atoms with Crippen LogP contribution in [0, 0.1) is 12.7 Å². The number of amides is 1. The molecule has 46 heavy (non-hydrogen) atoms. The summed E-state index contributed by atoms with van der Waals surface area (Å²) in [6, 6.07) is 14.8. The Balaban J connectivity index is 1.07. The summed E-state index contributed by atoms with van der Waals surface area (Å²) in [7, 11) is 1.93. The molecule has 4 heterocycles. The number of piperidine rings is 1. The second kappa shape index (κ2) is 11.5. The Bertz CT molecular complexity index is 1940. The lowest BCUT2D eigenvalue weighted by molar-refractivity contribution is -0.00706. The molecular weight excluding hydrogens is 587 g/mol. The number of aromatic nitrogens is 4. The lowest BCUT2D eigenvalue weighted by Crippen LogP contribution is -2.50. The van der Waals surface area contributed by atoms with Crippen LogP contribution >= 0.6 is 0 Å². The first kappa shape index (κ1) is 29.8. The number of nitrogens with zero attached hydrogens (tertiary/aromatic N) is 5. The molecule has 11 heteroatoms. The smallest absolute Gasteiger partial charge is 0.410 e. The van der Waals surface area contributed by atoms with E-state index in [1.807, 2.05) is 73.7 Å². The molecule has 0 radical (unpaired) electrons. The molecule has 2 aliphatic rings. The summed E-state index contributed by atoms with van der Waals surface area (Å²) < 4.78 is 35.8. The van der Waals surface area contributed by atoms with Gasteiger partial charge in [0.15, 0.2) is 5.82 Å². The van der Waals surface area contributed by atoms with E-state index < -0.39 is 11.4 Å². The highest BCUT2D eigenvalue weighted by molar-refractivity contribution is 5.91. The Hall–Kier alpha value is -4.93. The molecule has 5 aromatic rings. The van der Waals surface area contributed by atoms with Crippen LogP contribution in [0.4, 0.5) is 20.7 Å². The second-order valence-electron chi connectivity index (χ2n) is 13.2. The van der Waals surface area contributed by atoms with Gasteiger partial charge in [0.05, 0.1) is 28.6 Å². The van der Waals surface area contributed by atoms with Gasteiger partial charge in [0, 0.05) is 49.0 Å². The van der Waals surface area contributed by atoms with Crippen molar-refractivity contribution in [3.63, 3.8) is 0 Å². The van der Waals surface area contributed by atoms with Gasteiger partial charge >= 0.3 is 6.09 Å². The number of hydrogen-bond donors (Lipinski definition) is 1. The van der Waals surface area contributed by atoms with Crippen molar-refractivity contribution in [3.8, 4) is 17.2 Å². The number of benzene rings is 3. The molecule has 2 bridgehead atoms. The van der Waals surface area contributed by atoms with E-state index in [2.05, 4.69) is 20.3 Å². The third-order valence-corrected chi connectivity index (χ3v) is 8.72. The fraction of sp³-hybridized carbons (Fsp3) is 0.371. The van der Waals surface area contributed by atoms with Crippen molar-refractivity contribution in [2.24, 2.45) is 7.05 Å². The summed E-state index contributed by atoms with van der Waals surface area (Å²) in [6.45, 7) is 7.35. The Morgan fingerprint density at radius 3 is 2.48 bits per heavy atom. The van der Waals surface area contributed by atoms with E-state index in [-0.39, 0.29) is 30.0 Å². The van der Waals surface area contributed by atoms with E-state index in [0.29, 0.717) is 39.5 Å². The van der Waals surface area contributed by atoms with Gasteiger partial charge < -0.3 is 29.0 Å². The molecule has 0 spiro atoms. The molecule has 2 aliphatic heterocycles. The number of halogens is 1. The van der Waals surface area contributed by atoms with Crippen molar-refractivity contribution >= 4 is 39.5 Å². The number of aryl methyl sites for hydroxylation is 1. The molecule has 238 valence electrons. The fourth-order valence-electron chi connectivity index (χ4n) is 6.55. The molecule has 3 aromatic carbocycles. The molecule has 2 aromatic heterocycles. The summed E-state index contributed by atoms with van der Waals surface area (Å²) in [4.78, 5) is 28.0. The summed E-state index contributed by atoms with van der Waals surface area (Å²) in [5, 5.41) is 3.86. The lowest BCUT2D eigenvalue weighted by Gasteiger charge is -2.39. The lowest BCUT2D eigenvalue weighted by atomic mass is 10.00. The van der Waals surface area contributed by atoms with E-state index in [1.54, 1.807) is 25.4 Å². The Morgan fingerprint density at radius 1 is 0.957 bits per heavy atom. The minimum Gasteiger partial charge on any atom is -0.490 e. The predicted octanol–water partition coefficient (Wildman–Crippen LogP) is 7.81. The van der Waals surface area contributed by atoms with E-state index >= 15 is 4.39 Å². The summed E-state index contributed by atoms with van der Waals surface area (Å²) in [5.74, 6) is 1.68. The van der Waals surface area contributed by atoms with Gasteiger partial charge in [-0.25, -0.2) is 24.1 Å². The summed E-state index contributed by atoms with van der Waals surface area (Å²) in [5.41, 5.74) is 2.58. The average molecular weight is 625 g/mol. The quantitative estimate of drug-likeness (QED) is 0.204. The zero-order valence-corrected chi connectivity index (χ0v) is 26.6. The Morgan fingerprint density at radius 2 is 1.72 bits per heavy atom. The third-order valence-electron chi connectivity index (χ3n) is 8.72. The summed E-state index contributed by atoms with van der Waals surface area (Å²) in [6.07, 6.45) is 6.26. The molecule has 2 fully saturated rings. The number of fused-ring (bicyclic) bond motifs is 4. The van der Waals surface area contributed by atoms with Crippen molar-refractivity contribution in [1.82, 2.24) is 24.4 Å². The number of anilines is 2. The van der Waals surface area contributed by atoms with Crippen molar-refractivity contribution in [2.75, 3.05) is 5.32 Å². The Labute approximate surface area is 266 Å². The second-order valence-corrected chi connectivity index (χ2v) is 13.2. The van der Waals surface area contributed by atoms with Gasteiger partial charge in [-0.1, -0.05) is 0 Å². The molecule has 3 atom stereocenters. The van der Waals surface area contributed by atoms with Crippen LogP contribution in [-0.2, 0) is 11.8 Å². The van der Waals surface area contributed by atoms with E-state index in [4.69, 9.17) is 14.2 Å². The molecular formula is C35H37FN6O4. The molecule has 10 nitrogen and oxygen atoms in total. The van der Waals surface area contributed by atoms with Crippen molar-refractivity contribution < 1.29 is 23.4 Å². The van der Waals surface area contributed by atoms with Crippen LogP contribution in [0.3, 0.4) is 0 Å². The van der Waals surface area contributed by atoms with Crippen LogP contribution in [-0.4, -0.2) is 54.3 Å². The van der Waals surface area contributed by atoms with Crippen LogP contribution in [0.2, 0.25) is 0 Å². The van der Waals surface area contributed by atoms with Crippen LogP contribution < -0.4 is 14.8 Å². The number of ether oxygens (including phenoxy) is 3. The maximum atomic E-state index is 15.7. The van der Waals surface area contributed by atoms with Gasteiger partial charge in [-0.15, -0.1) is 0 Å². The van der Waals surface area contributed by atoms with E-state index in [0.717, 1.165) is 36.7 Å². The normalized spacial score (nSPS) is 19.4. The van der Waals surface area contributed by atoms with Crippen molar-refractivity contribution in [3.05, 3.63) is 72.6 Å². The maximum absolute atomic E-state index is 15.7. The molecule has 1 N–H and O–H groups in total. The van der Waals surface area contributed by atoms with Gasteiger partial charge in [-0.2, -0.15) is 0 Å². The topological polar surface area (TPSA) is 104 Å². The summed E-state index contributed by atoms with van der Waals surface area (Å²) >= 11 is 0. The van der Waals surface area contributed by atoms with Gasteiger partial charge in [-0.05, 0) is 83.0 Å². The predicted molar refractivity (Wildman–Crippen MR) is 173 cm³/mol. The minimum absolute atomic E-state index is 0.0410. The molecule has 0 saturated carbocycles. The van der Waals surface area contributed by atoms with Crippen LogP contribution in [0.1, 0.15) is 52.0 Å². The number of nitrogens with one attached hydrogen (secondary N) is 1. The van der Waals surface area contributed by atoms with Crippen LogP contribution in [0.5, 0.6) is 17.2 Å². The van der Waals surface area contributed by atoms with Crippen LogP contribution in [0.15, 0.2) is 61.2 Å². The number of rotatable bonds is 6. The maximum Gasteiger partial charge on any atom is 0.410 e. The monoisotopic (exact) mass is 624 g/mol. The zero-order valence-electron chi connectivity index (χ0n) is 26.6. The largest absolute Gasteiger partial charge is 0.490 e. The van der Waals surface area contributed by atoms with Crippen LogP contribution in [0.25, 0.3) is 21.9 Å². The standard InChI is InChI=1S/C35H37FN6O4/c1-20-31(45-24-9-12-30-29(17-24)39-19-41(30)5)13-11-28(32(20)36)40-33-26-16-23(8-10-27(26)37-18-38-33)44-25-14-21-6-7-22(15-25)42(21)34(43)46-35(2,3)4/h8-13,16-19,21-22,25H,6-7,14-15H2,1-5H3,(H,37,38,40)/t21-,22+,25?. The van der Waals surface area contributed by atoms with Crippen molar-refractivity contribution in [1.29, 1.82) is 0 Å². The van der Waals surface area contributed by atoms with E-state index in [1.165, 1.54) is 6.33 Å². The van der Waals surface area contributed by atoms with Gasteiger partial charge in [0.25, 0.3) is 0 Å². The number of carbonyl (C=O) groups is 1. The zero-order chi connectivity index (χ0) is 32.2. The average Bonchev–Trinajstić information content (AvgIpc) is 3.51. The van der Waals surface area contributed by atoms with Gasteiger partial charge in [0.1, 0.15) is 41.1 Å². The number of imidazole rings is 1. The number of carbonyl (C=O) groups excluding carboxylic acids is 1.